The summed E-state index contributed by atoms with van der Waals surface area (Å²) < 4.78 is 26.8. The Kier molecular flexibility index (Phi) is 4.21. The second kappa shape index (κ2) is 5.63. The van der Waals surface area contributed by atoms with E-state index in [1.807, 2.05) is 0 Å². The van der Waals surface area contributed by atoms with E-state index in [9.17, 15) is 8.78 Å². The Hall–Kier alpha value is -2.62. The van der Waals surface area contributed by atoms with Crippen LogP contribution >= 0.6 is 11.6 Å². The molecule has 4 nitrogen and oxygen atoms in total. The third-order valence-corrected chi connectivity index (χ3v) is 2.06. The summed E-state index contributed by atoms with van der Waals surface area (Å²) in [6, 6.07) is 6.02. The molecule has 7 heteroatoms. The topological polar surface area (TPSA) is 83.4 Å². The number of hydrogen-bond acceptors (Lipinski definition) is 4. The molecule has 1 N–H and O–H groups in total. The maximum atomic E-state index is 13.4. The largest absolute Gasteiger partial charge is 0.340 e. The van der Waals surface area contributed by atoms with Gasteiger partial charge in [0.1, 0.15) is 29.6 Å². The summed E-state index contributed by atoms with van der Waals surface area (Å²) in [7, 11) is 0. The first-order valence-electron chi connectivity index (χ1n) is 4.39. The molecule has 0 unspecified atom stereocenters. The Morgan fingerprint density at radius 3 is 1.94 bits per heavy atom. The van der Waals surface area contributed by atoms with Gasteiger partial charge >= 0.3 is 0 Å². The molecule has 0 aliphatic rings. The summed E-state index contributed by atoms with van der Waals surface area (Å²) in [5.74, 6) is -2.08. The van der Waals surface area contributed by atoms with E-state index in [1.54, 1.807) is 0 Å². The number of benzene rings is 1. The maximum absolute atomic E-state index is 13.4. The molecule has 1 rings (SSSR count). The van der Waals surface area contributed by atoms with Crippen LogP contribution in [0.3, 0.4) is 0 Å². The highest BCUT2D eigenvalue weighted by molar-refractivity contribution is 6.30. The number of nitriles is 3. The average Bonchev–Trinajstić information content (AvgIpc) is 2.32. The van der Waals surface area contributed by atoms with Crippen LogP contribution in [0.2, 0.25) is 5.02 Å². The molecule has 1 aromatic rings. The van der Waals surface area contributed by atoms with Gasteiger partial charge in [0.15, 0.2) is 17.2 Å². The lowest BCUT2D eigenvalue weighted by Gasteiger charge is -2.07. The van der Waals surface area contributed by atoms with E-state index in [-0.39, 0.29) is 5.02 Å². The fourth-order valence-electron chi connectivity index (χ4n) is 1.07. The number of rotatable bonds is 2. The van der Waals surface area contributed by atoms with Gasteiger partial charge < -0.3 is 5.32 Å². The molecule has 0 aliphatic carbocycles. The quantitative estimate of drug-likeness (QED) is 0.833. The van der Waals surface area contributed by atoms with Crippen molar-refractivity contribution >= 4 is 17.3 Å². The molecule has 0 amide bonds. The summed E-state index contributed by atoms with van der Waals surface area (Å²) in [5, 5.41) is 27.7. The molecule has 1 aromatic carbocycles. The molecule has 0 atom stereocenters. The minimum Gasteiger partial charge on any atom is -0.340 e. The van der Waals surface area contributed by atoms with Crippen LogP contribution in [0.5, 0.6) is 0 Å². The van der Waals surface area contributed by atoms with Crippen molar-refractivity contribution in [3.8, 4) is 18.2 Å². The molecule has 0 saturated carbocycles. The summed E-state index contributed by atoms with van der Waals surface area (Å²) in [5.41, 5.74) is -1.77. The first-order chi connectivity index (χ1) is 8.53. The zero-order chi connectivity index (χ0) is 13.7. The monoisotopic (exact) mass is 264 g/mol. The van der Waals surface area contributed by atoms with Crippen LogP contribution in [0.4, 0.5) is 14.5 Å². The molecule has 0 fully saturated rings. The Labute approximate surface area is 106 Å². The molecule has 88 valence electrons. The van der Waals surface area contributed by atoms with E-state index in [0.717, 1.165) is 12.1 Å². The summed E-state index contributed by atoms with van der Waals surface area (Å²) in [6.07, 6.45) is 0. The van der Waals surface area contributed by atoms with E-state index in [4.69, 9.17) is 27.4 Å². The second-order valence-electron chi connectivity index (χ2n) is 2.95. The third kappa shape index (κ3) is 2.74. The van der Waals surface area contributed by atoms with Gasteiger partial charge in [-0.2, -0.15) is 15.8 Å². The zero-order valence-electron chi connectivity index (χ0n) is 8.63. The molecular formula is C11H3ClF2N4. The number of anilines is 1. The molecule has 0 saturated heterocycles. The normalized spacial score (nSPS) is 8.67. The maximum Gasteiger partial charge on any atom is 0.163 e. The molecule has 18 heavy (non-hydrogen) atoms. The molecule has 0 heterocycles. The van der Waals surface area contributed by atoms with Crippen molar-refractivity contribution in [1.29, 1.82) is 15.8 Å². The van der Waals surface area contributed by atoms with Gasteiger partial charge in [-0.3, -0.25) is 0 Å². The van der Waals surface area contributed by atoms with Crippen LogP contribution in [0.1, 0.15) is 0 Å². The lowest BCUT2D eigenvalue weighted by atomic mass is 10.2. The third-order valence-electron chi connectivity index (χ3n) is 1.84. The van der Waals surface area contributed by atoms with Crippen molar-refractivity contribution in [1.82, 2.24) is 0 Å². The van der Waals surface area contributed by atoms with Crippen LogP contribution in [-0.4, -0.2) is 0 Å². The molecule has 0 spiro atoms. The average molecular weight is 265 g/mol. The van der Waals surface area contributed by atoms with Crippen LogP contribution in [0.15, 0.2) is 23.4 Å². The fourth-order valence-corrected chi connectivity index (χ4v) is 1.26. The van der Waals surface area contributed by atoms with E-state index in [1.165, 1.54) is 18.2 Å². The van der Waals surface area contributed by atoms with Gasteiger partial charge in [-0.05, 0) is 12.1 Å². The van der Waals surface area contributed by atoms with Gasteiger partial charge in [0, 0.05) is 5.02 Å². The highest BCUT2D eigenvalue weighted by atomic mass is 35.5. The highest BCUT2D eigenvalue weighted by Crippen LogP contribution is 2.25. The molecular weight excluding hydrogens is 262 g/mol. The number of nitrogens with one attached hydrogen (secondary N) is 1. The summed E-state index contributed by atoms with van der Waals surface area (Å²) >= 11 is 5.42. The van der Waals surface area contributed by atoms with Crippen molar-refractivity contribution in [3.63, 3.8) is 0 Å². The zero-order valence-corrected chi connectivity index (χ0v) is 9.39. The minimum atomic E-state index is -1.04. The lowest BCUT2D eigenvalue weighted by Crippen LogP contribution is -2.04. The molecule has 0 bridgehead atoms. The van der Waals surface area contributed by atoms with Crippen molar-refractivity contribution in [3.05, 3.63) is 40.1 Å². The van der Waals surface area contributed by atoms with E-state index in [2.05, 4.69) is 5.32 Å². The van der Waals surface area contributed by atoms with E-state index >= 15 is 0 Å². The van der Waals surface area contributed by atoms with Crippen molar-refractivity contribution < 1.29 is 8.78 Å². The highest BCUT2D eigenvalue weighted by Gasteiger charge is 2.14. The van der Waals surface area contributed by atoms with Crippen LogP contribution in [0.25, 0.3) is 0 Å². The molecule has 0 radical (unpaired) electrons. The predicted molar refractivity (Wildman–Crippen MR) is 58.9 cm³/mol. The Morgan fingerprint density at radius 1 is 1.06 bits per heavy atom. The second-order valence-corrected chi connectivity index (χ2v) is 3.39. The van der Waals surface area contributed by atoms with Gasteiger partial charge in [-0.15, -0.1) is 0 Å². The van der Waals surface area contributed by atoms with Gasteiger partial charge in [-0.25, -0.2) is 8.78 Å². The van der Waals surface area contributed by atoms with Gasteiger partial charge in [0.25, 0.3) is 0 Å². The number of nitrogens with zero attached hydrogens (tertiary/aromatic N) is 3. The predicted octanol–water partition coefficient (Wildman–Crippen LogP) is 2.85. The van der Waals surface area contributed by atoms with Gasteiger partial charge in [-0.1, -0.05) is 11.6 Å². The Balaban J connectivity index is 3.30. The van der Waals surface area contributed by atoms with E-state index < -0.39 is 28.6 Å². The number of halogens is 3. The molecule has 0 aromatic heterocycles. The fraction of sp³-hybridized carbons (Fsp3) is 0. The van der Waals surface area contributed by atoms with Crippen LogP contribution in [0, 0.1) is 45.6 Å². The van der Waals surface area contributed by atoms with E-state index in [0.29, 0.717) is 0 Å². The SMILES string of the molecule is N#CC(C#N)=C(C#N)Nc1c(F)cc(Cl)cc1F. The molecule has 0 aliphatic heterocycles. The number of allylic oxidation sites excluding steroid dienone is 2. The summed E-state index contributed by atoms with van der Waals surface area (Å²) in [6.45, 7) is 0. The van der Waals surface area contributed by atoms with Crippen LogP contribution < -0.4 is 5.32 Å². The minimum absolute atomic E-state index is 0.154. The smallest absolute Gasteiger partial charge is 0.163 e. The Morgan fingerprint density at radius 2 is 1.56 bits per heavy atom. The van der Waals surface area contributed by atoms with Crippen molar-refractivity contribution in [2.45, 2.75) is 0 Å². The summed E-state index contributed by atoms with van der Waals surface area (Å²) in [4.78, 5) is 0. The van der Waals surface area contributed by atoms with Gasteiger partial charge in [0.2, 0.25) is 0 Å². The standard InChI is InChI=1S/C11H3ClF2N4/c12-7-1-8(13)11(9(14)2-7)18-10(5-17)6(3-15)4-16/h1-2,18H. The lowest BCUT2D eigenvalue weighted by molar-refractivity contribution is 0.590. The van der Waals surface area contributed by atoms with Crippen LogP contribution in [-0.2, 0) is 0 Å². The number of hydrogen-bond donors (Lipinski definition) is 1. The van der Waals surface area contributed by atoms with Crippen molar-refractivity contribution in [2.24, 2.45) is 0 Å². The van der Waals surface area contributed by atoms with Crippen molar-refractivity contribution in [2.75, 3.05) is 5.32 Å². The first kappa shape index (κ1) is 13.4. The first-order valence-corrected chi connectivity index (χ1v) is 4.77. The van der Waals surface area contributed by atoms with Gasteiger partial charge in [0.05, 0.1) is 0 Å². The Bertz CT molecular complexity index is 607.